The highest BCUT2D eigenvalue weighted by atomic mass is 32.2. The van der Waals surface area contributed by atoms with E-state index in [0.29, 0.717) is 0 Å². The molecule has 0 amide bonds. The molecule has 0 heterocycles. The van der Waals surface area contributed by atoms with Crippen LogP contribution in [0.5, 0.6) is 0 Å². The molecule has 0 aliphatic heterocycles. The zero-order valence-corrected chi connectivity index (χ0v) is 16.5. The van der Waals surface area contributed by atoms with Crippen LogP contribution in [-0.4, -0.2) is 36.6 Å². The van der Waals surface area contributed by atoms with Crippen LogP contribution >= 0.6 is 0 Å². The largest absolute Gasteiger partial charge is 0.481 e. The quantitative estimate of drug-likeness (QED) is 0.522. The van der Waals surface area contributed by atoms with Gasteiger partial charge in [-0.15, -0.1) is 0 Å². The molecule has 0 saturated heterocycles. The van der Waals surface area contributed by atoms with Gasteiger partial charge in [0.25, 0.3) is 10.0 Å². The van der Waals surface area contributed by atoms with Crippen LogP contribution in [0, 0.1) is 6.92 Å². The van der Waals surface area contributed by atoms with Crippen molar-refractivity contribution >= 4 is 21.8 Å². The maximum atomic E-state index is 12.4. The average Bonchev–Trinajstić information content (AvgIpc) is 2.60. The van der Waals surface area contributed by atoms with Gasteiger partial charge in [0, 0.05) is 31.7 Å². The van der Waals surface area contributed by atoms with Crippen molar-refractivity contribution < 1.29 is 23.1 Å². The molecule has 1 rings (SSSR count). The summed E-state index contributed by atoms with van der Waals surface area (Å²) in [6.45, 7) is 9.45. The first-order valence-corrected chi connectivity index (χ1v) is 9.75. The molecule has 1 aromatic carbocycles. The van der Waals surface area contributed by atoms with Gasteiger partial charge < -0.3 is 5.11 Å². The molecule has 0 aliphatic rings. The third-order valence-electron chi connectivity index (χ3n) is 3.34. The second kappa shape index (κ2) is 11.3. The van der Waals surface area contributed by atoms with Gasteiger partial charge in [-0.2, -0.15) is 0 Å². The van der Waals surface area contributed by atoms with Gasteiger partial charge in [0.15, 0.2) is 5.78 Å². The topological polar surface area (TPSA) is 91.8 Å². The molecule has 0 unspecified atom stereocenters. The van der Waals surface area contributed by atoms with Crippen molar-refractivity contribution in [2.45, 2.75) is 44.9 Å². The summed E-state index contributed by atoms with van der Waals surface area (Å²) in [5, 5.41) is 8.53. The summed E-state index contributed by atoms with van der Waals surface area (Å²) in [5.41, 5.74) is 1.08. The summed E-state index contributed by atoms with van der Waals surface area (Å²) in [6, 6.07) is 6.44. The second-order valence-electron chi connectivity index (χ2n) is 5.35. The Kier molecular flexibility index (Phi) is 10.2. The minimum atomic E-state index is -3.69. The van der Waals surface area contributed by atoms with Crippen molar-refractivity contribution in [2.24, 2.45) is 0 Å². The first-order chi connectivity index (χ1) is 12.1. The first-order valence-electron chi connectivity index (χ1n) is 8.31. The Morgan fingerprint density at radius 3 is 2.19 bits per heavy atom. The van der Waals surface area contributed by atoms with Gasteiger partial charge in [0.05, 0.1) is 4.90 Å². The molecular formula is C19H27NO5S. The van der Waals surface area contributed by atoms with E-state index in [4.69, 9.17) is 5.11 Å². The number of nitrogens with zero attached hydrogens (tertiary/aromatic N) is 1. The Morgan fingerprint density at radius 1 is 1.15 bits per heavy atom. The molecule has 6 nitrogen and oxygen atoms in total. The second-order valence-corrected chi connectivity index (χ2v) is 7.34. The number of carbonyl (C=O) groups excluding carboxylic acids is 1. The number of carboxylic acid groups (broad SMARTS) is 1. The summed E-state index contributed by atoms with van der Waals surface area (Å²) in [5.74, 6) is -1.28. The van der Waals surface area contributed by atoms with E-state index in [2.05, 4.69) is 6.58 Å². The minimum Gasteiger partial charge on any atom is -0.481 e. The average molecular weight is 381 g/mol. The van der Waals surface area contributed by atoms with E-state index in [1.54, 1.807) is 12.1 Å². The number of aliphatic carboxylic acids is 1. The molecule has 0 aliphatic carbocycles. The van der Waals surface area contributed by atoms with Gasteiger partial charge in [-0.3, -0.25) is 13.9 Å². The van der Waals surface area contributed by atoms with E-state index in [1.807, 2.05) is 20.8 Å². The number of rotatable bonds is 9. The first kappa shape index (κ1) is 23.6. The van der Waals surface area contributed by atoms with E-state index < -0.39 is 16.0 Å². The van der Waals surface area contributed by atoms with Crippen LogP contribution in [0.4, 0.5) is 0 Å². The molecule has 144 valence electrons. The smallest absolute Gasteiger partial charge is 0.303 e. The zero-order valence-electron chi connectivity index (χ0n) is 15.7. The third kappa shape index (κ3) is 7.65. The van der Waals surface area contributed by atoms with Gasteiger partial charge in [-0.05, 0) is 31.6 Å². The number of carboxylic acids is 1. The summed E-state index contributed by atoms with van der Waals surface area (Å²) < 4.78 is 25.7. The van der Waals surface area contributed by atoms with E-state index >= 15 is 0 Å². The Morgan fingerprint density at radius 2 is 1.69 bits per heavy atom. The van der Waals surface area contributed by atoms with Gasteiger partial charge >= 0.3 is 5.97 Å². The number of allylic oxidation sites excluding steroid dienone is 2. The molecule has 0 aromatic heterocycles. The SMILES string of the molecule is C=C(/C=C\N(C)S(=O)(=O)c1ccc(C)cc1)C(=O)CCCC(=O)O.CC. The Labute approximate surface area is 155 Å². The lowest BCUT2D eigenvalue weighted by molar-refractivity contribution is -0.137. The molecule has 0 saturated carbocycles. The van der Waals surface area contributed by atoms with E-state index in [-0.39, 0.29) is 35.5 Å². The van der Waals surface area contributed by atoms with Gasteiger partial charge in [-0.1, -0.05) is 38.1 Å². The van der Waals surface area contributed by atoms with Crippen LogP contribution in [0.3, 0.4) is 0 Å². The van der Waals surface area contributed by atoms with Crippen LogP contribution in [0.2, 0.25) is 0 Å². The molecule has 1 aromatic rings. The number of sulfonamides is 1. The van der Waals surface area contributed by atoms with E-state index in [0.717, 1.165) is 9.87 Å². The van der Waals surface area contributed by atoms with Crippen LogP contribution in [0.15, 0.2) is 53.6 Å². The lowest BCUT2D eigenvalue weighted by atomic mass is 10.1. The van der Waals surface area contributed by atoms with Crippen LogP contribution < -0.4 is 0 Å². The molecule has 26 heavy (non-hydrogen) atoms. The number of hydrogen-bond donors (Lipinski definition) is 1. The summed E-state index contributed by atoms with van der Waals surface area (Å²) in [4.78, 5) is 22.3. The molecule has 0 fully saturated rings. The lowest BCUT2D eigenvalue weighted by Gasteiger charge is -2.15. The molecule has 7 heteroatoms. The number of ketones is 1. The van der Waals surface area contributed by atoms with Gasteiger partial charge in [0.1, 0.15) is 0 Å². The van der Waals surface area contributed by atoms with Gasteiger partial charge in [0.2, 0.25) is 0 Å². The monoisotopic (exact) mass is 381 g/mol. The number of Topliss-reactive ketones (excluding diaryl/α,β-unsaturated/α-hetero) is 1. The summed E-state index contributed by atoms with van der Waals surface area (Å²) in [7, 11) is -2.32. The Bertz CT molecular complexity index is 749. The van der Waals surface area contributed by atoms with Crippen molar-refractivity contribution in [2.75, 3.05) is 7.05 Å². The predicted molar refractivity (Wildman–Crippen MR) is 102 cm³/mol. The molecule has 0 atom stereocenters. The summed E-state index contributed by atoms with van der Waals surface area (Å²) in [6.07, 6.45) is 2.76. The predicted octanol–water partition coefficient (Wildman–Crippen LogP) is 3.54. The molecule has 0 bridgehead atoms. The highest BCUT2D eigenvalue weighted by Crippen LogP contribution is 2.16. The number of carbonyl (C=O) groups is 2. The van der Waals surface area contributed by atoms with Crippen molar-refractivity contribution in [1.29, 1.82) is 0 Å². The van der Waals surface area contributed by atoms with Crippen molar-refractivity contribution in [3.05, 3.63) is 54.3 Å². The number of hydrogen-bond acceptors (Lipinski definition) is 4. The van der Waals surface area contributed by atoms with Crippen LogP contribution in [0.1, 0.15) is 38.7 Å². The zero-order chi connectivity index (χ0) is 20.3. The Hall–Kier alpha value is -2.41. The molecular weight excluding hydrogens is 354 g/mol. The maximum absolute atomic E-state index is 12.4. The highest BCUT2D eigenvalue weighted by Gasteiger charge is 2.17. The summed E-state index contributed by atoms with van der Waals surface area (Å²) >= 11 is 0. The molecule has 0 radical (unpaired) electrons. The third-order valence-corrected chi connectivity index (χ3v) is 5.08. The minimum absolute atomic E-state index is 0.0594. The molecule has 0 spiro atoms. The standard InChI is InChI=1S/C17H21NO5S.C2H6/c1-13-7-9-15(10-8-13)24(22,23)18(3)12-11-14(2)16(19)5-4-6-17(20)21;1-2/h7-12H,2,4-6H2,1,3H3,(H,20,21);1-2H3/b12-11-;. The Balaban J connectivity index is 0.00000301. The fourth-order valence-corrected chi connectivity index (χ4v) is 2.84. The molecule has 1 N–H and O–H groups in total. The van der Waals surface area contributed by atoms with E-state index in [9.17, 15) is 18.0 Å². The lowest BCUT2D eigenvalue weighted by Crippen LogP contribution is -2.21. The number of aryl methyl sites for hydroxylation is 1. The fraction of sp³-hybridized carbons (Fsp3) is 0.368. The van der Waals surface area contributed by atoms with Gasteiger partial charge in [-0.25, -0.2) is 8.42 Å². The van der Waals surface area contributed by atoms with Crippen molar-refractivity contribution in [1.82, 2.24) is 4.31 Å². The number of benzene rings is 1. The normalized spacial score (nSPS) is 10.8. The van der Waals surface area contributed by atoms with Crippen LogP contribution in [-0.2, 0) is 19.6 Å². The van der Waals surface area contributed by atoms with E-state index in [1.165, 1.54) is 31.5 Å². The van der Waals surface area contributed by atoms with Crippen molar-refractivity contribution in [3.8, 4) is 0 Å². The van der Waals surface area contributed by atoms with Crippen LogP contribution in [0.25, 0.3) is 0 Å². The fourth-order valence-electron chi connectivity index (χ4n) is 1.81. The maximum Gasteiger partial charge on any atom is 0.303 e. The van der Waals surface area contributed by atoms with Crippen molar-refractivity contribution in [3.63, 3.8) is 0 Å². The highest BCUT2D eigenvalue weighted by molar-refractivity contribution is 7.89.